The maximum atomic E-state index is 5.54. The molecule has 1 N–H and O–H groups in total. The lowest BCUT2D eigenvalue weighted by Gasteiger charge is -2.01. The molecule has 0 amide bonds. The van der Waals surface area contributed by atoms with Crippen LogP contribution < -0.4 is 5.32 Å². The second-order valence-corrected chi connectivity index (χ2v) is 2.80. The summed E-state index contributed by atoms with van der Waals surface area (Å²) in [5.41, 5.74) is 0. The van der Waals surface area contributed by atoms with E-state index >= 15 is 0 Å². The molecule has 12 heavy (non-hydrogen) atoms. The summed E-state index contributed by atoms with van der Waals surface area (Å²) in [7, 11) is 0. The summed E-state index contributed by atoms with van der Waals surface area (Å²) >= 11 is 11.1. The van der Waals surface area contributed by atoms with Gasteiger partial charge in [-0.1, -0.05) is 6.92 Å². The quantitative estimate of drug-likeness (QED) is 0.823. The summed E-state index contributed by atoms with van der Waals surface area (Å²) < 4.78 is 0. The summed E-state index contributed by atoms with van der Waals surface area (Å²) in [6, 6.07) is 0. The van der Waals surface area contributed by atoms with Crippen molar-refractivity contribution in [2.24, 2.45) is 0 Å². The highest BCUT2D eigenvalue weighted by Gasteiger charge is 2.00. The molecule has 0 unspecified atom stereocenters. The lowest BCUT2D eigenvalue weighted by molar-refractivity contribution is 0.938. The number of aromatic nitrogens is 3. The van der Waals surface area contributed by atoms with E-state index in [9.17, 15) is 0 Å². The van der Waals surface area contributed by atoms with Gasteiger partial charge in [-0.15, -0.1) is 0 Å². The largest absolute Gasteiger partial charge is 0.354 e. The van der Waals surface area contributed by atoms with E-state index in [2.05, 4.69) is 20.3 Å². The Labute approximate surface area is 80.3 Å². The third-order valence-corrected chi connectivity index (χ3v) is 1.45. The molecule has 0 fully saturated rings. The summed E-state index contributed by atoms with van der Waals surface area (Å²) in [4.78, 5) is 11.2. The molecule has 0 radical (unpaired) electrons. The van der Waals surface area contributed by atoms with Crippen LogP contribution in [0.1, 0.15) is 13.3 Å². The van der Waals surface area contributed by atoms with Crippen LogP contribution in [-0.2, 0) is 0 Å². The molecular formula is C6H8Cl2N4. The zero-order valence-electron chi connectivity index (χ0n) is 6.51. The molecule has 0 saturated heterocycles. The first-order chi connectivity index (χ1) is 5.72. The third-order valence-electron chi connectivity index (χ3n) is 1.11. The van der Waals surface area contributed by atoms with Gasteiger partial charge >= 0.3 is 0 Å². The van der Waals surface area contributed by atoms with E-state index in [1.54, 1.807) is 0 Å². The van der Waals surface area contributed by atoms with Gasteiger partial charge in [0.05, 0.1) is 0 Å². The Bertz CT molecular complexity index is 245. The molecule has 1 heterocycles. The van der Waals surface area contributed by atoms with Crippen LogP contribution in [0, 0.1) is 0 Å². The normalized spacial score (nSPS) is 9.92. The van der Waals surface area contributed by atoms with E-state index in [1.807, 2.05) is 6.92 Å². The van der Waals surface area contributed by atoms with Gasteiger partial charge in [-0.25, -0.2) is 0 Å². The molecule has 0 atom stereocenters. The van der Waals surface area contributed by atoms with E-state index in [0.29, 0.717) is 5.95 Å². The van der Waals surface area contributed by atoms with Crippen LogP contribution in [0.3, 0.4) is 0 Å². The number of anilines is 1. The number of rotatable bonds is 3. The van der Waals surface area contributed by atoms with Crippen molar-refractivity contribution in [1.82, 2.24) is 15.0 Å². The summed E-state index contributed by atoms with van der Waals surface area (Å²) in [5.74, 6) is 0.418. The molecular weight excluding hydrogens is 199 g/mol. The van der Waals surface area contributed by atoms with Gasteiger partial charge in [-0.3, -0.25) is 0 Å². The number of halogens is 2. The topological polar surface area (TPSA) is 50.7 Å². The molecule has 0 aliphatic heterocycles. The van der Waals surface area contributed by atoms with Gasteiger partial charge in [0.15, 0.2) is 0 Å². The highest BCUT2D eigenvalue weighted by Crippen LogP contribution is 2.08. The summed E-state index contributed by atoms with van der Waals surface area (Å²) in [6.45, 7) is 2.83. The van der Waals surface area contributed by atoms with Crippen LogP contribution >= 0.6 is 23.2 Å². The zero-order chi connectivity index (χ0) is 8.97. The number of hydrogen-bond donors (Lipinski definition) is 1. The van der Waals surface area contributed by atoms with Crippen molar-refractivity contribution in [3.63, 3.8) is 0 Å². The fourth-order valence-corrected chi connectivity index (χ4v) is 1.01. The second-order valence-electron chi connectivity index (χ2n) is 2.12. The van der Waals surface area contributed by atoms with E-state index < -0.39 is 0 Å². The maximum absolute atomic E-state index is 5.54. The Balaban J connectivity index is 2.72. The van der Waals surface area contributed by atoms with Crippen molar-refractivity contribution >= 4 is 29.2 Å². The first-order valence-electron chi connectivity index (χ1n) is 3.53. The smallest absolute Gasteiger partial charge is 0.228 e. The molecule has 66 valence electrons. The predicted octanol–water partition coefficient (Wildman–Crippen LogP) is 2.00. The predicted molar refractivity (Wildman–Crippen MR) is 48.6 cm³/mol. The molecule has 0 bridgehead atoms. The van der Waals surface area contributed by atoms with E-state index in [0.717, 1.165) is 13.0 Å². The van der Waals surface area contributed by atoms with Gasteiger partial charge in [0.2, 0.25) is 16.5 Å². The molecule has 0 saturated carbocycles. The Morgan fingerprint density at radius 3 is 2.25 bits per heavy atom. The highest BCUT2D eigenvalue weighted by molar-refractivity contribution is 6.31. The average Bonchev–Trinajstić information content (AvgIpc) is 1.99. The molecule has 0 aliphatic carbocycles. The van der Waals surface area contributed by atoms with Crippen LogP contribution in [0.5, 0.6) is 0 Å². The lowest BCUT2D eigenvalue weighted by Crippen LogP contribution is -2.05. The average molecular weight is 207 g/mol. The van der Waals surface area contributed by atoms with Gasteiger partial charge in [-0.05, 0) is 29.6 Å². The Kier molecular flexibility index (Phi) is 3.49. The fraction of sp³-hybridized carbons (Fsp3) is 0.500. The zero-order valence-corrected chi connectivity index (χ0v) is 8.02. The Morgan fingerprint density at radius 1 is 1.17 bits per heavy atom. The van der Waals surface area contributed by atoms with Crippen LogP contribution in [0.2, 0.25) is 10.6 Å². The molecule has 0 spiro atoms. The Hall–Kier alpha value is -0.610. The van der Waals surface area contributed by atoms with Crippen LogP contribution in [0.15, 0.2) is 0 Å². The van der Waals surface area contributed by atoms with Gasteiger partial charge in [0, 0.05) is 6.54 Å². The van der Waals surface area contributed by atoms with Gasteiger partial charge in [-0.2, -0.15) is 15.0 Å². The molecule has 0 aliphatic rings. The lowest BCUT2D eigenvalue weighted by atomic mass is 10.5. The van der Waals surface area contributed by atoms with Crippen LogP contribution in [-0.4, -0.2) is 21.5 Å². The SMILES string of the molecule is CCCNc1nc(Cl)nc(Cl)n1. The maximum Gasteiger partial charge on any atom is 0.228 e. The molecule has 0 aromatic carbocycles. The third kappa shape index (κ3) is 2.79. The molecule has 6 heteroatoms. The monoisotopic (exact) mass is 206 g/mol. The highest BCUT2D eigenvalue weighted by atomic mass is 35.5. The van der Waals surface area contributed by atoms with Crippen LogP contribution in [0.25, 0.3) is 0 Å². The molecule has 1 aromatic rings. The van der Waals surface area contributed by atoms with Crippen molar-refractivity contribution in [1.29, 1.82) is 0 Å². The van der Waals surface area contributed by atoms with Crippen molar-refractivity contribution < 1.29 is 0 Å². The van der Waals surface area contributed by atoms with E-state index in [-0.39, 0.29) is 10.6 Å². The first kappa shape index (κ1) is 9.48. The van der Waals surface area contributed by atoms with Crippen molar-refractivity contribution in [2.75, 3.05) is 11.9 Å². The molecule has 1 rings (SSSR count). The number of nitrogens with zero attached hydrogens (tertiary/aromatic N) is 3. The first-order valence-corrected chi connectivity index (χ1v) is 4.29. The van der Waals surface area contributed by atoms with Gasteiger partial charge in [0.25, 0.3) is 0 Å². The van der Waals surface area contributed by atoms with Crippen molar-refractivity contribution in [3.05, 3.63) is 10.6 Å². The van der Waals surface area contributed by atoms with E-state index in [4.69, 9.17) is 23.2 Å². The Morgan fingerprint density at radius 2 is 1.75 bits per heavy atom. The standard InChI is InChI=1S/C6H8Cl2N4/c1-2-3-9-6-11-4(7)10-5(8)12-6/h2-3H2,1H3,(H,9,10,11,12). The number of nitrogens with one attached hydrogen (secondary N) is 1. The number of hydrogen-bond acceptors (Lipinski definition) is 4. The minimum atomic E-state index is 0.105. The summed E-state index contributed by atoms with van der Waals surface area (Å²) in [6.07, 6.45) is 0.987. The van der Waals surface area contributed by atoms with Gasteiger partial charge < -0.3 is 5.32 Å². The minimum Gasteiger partial charge on any atom is -0.354 e. The van der Waals surface area contributed by atoms with E-state index in [1.165, 1.54) is 0 Å². The second kappa shape index (κ2) is 4.42. The summed E-state index contributed by atoms with van der Waals surface area (Å²) in [5, 5.41) is 3.16. The minimum absolute atomic E-state index is 0.105. The van der Waals surface area contributed by atoms with Gasteiger partial charge in [0.1, 0.15) is 0 Å². The van der Waals surface area contributed by atoms with Crippen molar-refractivity contribution in [2.45, 2.75) is 13.3 Å². The molecule has 1 aromatic heterocycles. The van der Waals surface area contributed by atoms with Crippen LogP contribution in [0.4, 0.5) is 5.95 Å². The fourth-order valence-electron chi connectivity index (χ4n) is 0.642. The molecule has 4 nitrogen and oxygen atoms in total. The van der Waals surface area contributed by atoms with Crippen molar-refractivity contribution in [3.8, 4) is 0 Å².